The Hall–Kier alpha value is -1.02. The van der Waals surface area contributed by atoms with Gasteiger partial charge in [0.25, 0.3) is 0 Å². The van der Waals surface area contributed by atoms with Crippen molar-refractivity contribution < 1.29 is 0 Å². The number of hydrogen-bond donors (Lipinski definition) is 2. The molecule has 2 nitrogen and oxygen atoms in total. The number of benzene rings is 1. The van der Waals surface area contributed by atoms with Crippen molar-refractivity contribution in [1.29, 1.82) is 0 Å². The van der Waals surface area contributed by atoms with Crippen LogP contribution in [-0.2, 0) is 6.54 Å². The van der Waals surface area contributed by atoms with Gasteiger partial charge in [-0.3, -0.25) is 0 Å². The van der Waals surface area contributed by atoms with Crippen molar-refractivity contribution in [2.45, 2.75) is 46.2 Å². The molecular weight excluding hydrogens is 184 g/mol. The fourth-order valence-electron chi connectivity index (χ4n) is 1.88. The molecule has 0 aliphatic heterocycles. The predicted molar refractivity (Wildman–Crippen MR) is 67.1 cm³/mol. The summed E-state index contributed by atoms with van der Waals surface area (Å²) in [4.78, 5) is 0. The number of hydrogen-bond acceptors (Lipinski definition) is 2. The summed E-state index contributed by atoms with van der Waals surface area (Å²) in [5, 5.41) is 3.52. The SMILES string of the molecule is CCCC(C)Nc1cccc(C)c1CN. The molecule has 0 saturated carbocycles. The van der Waals surface area contributed by atoms with Gasteiger partial charge in [-0.1, -0.05) is 25.5 Å². The molecular formula is C13H22N2. The molecule has 0 radical (unpaired) electrons. The van der Waals surface area contributed by atoms with Gasteiger partial charge in [-0.2, -0.15) is 0 Å². The van der Waals surface area contributed by atoms with E-state index in [1.165, 1.54) is 29.7 Å². The van der Waals surface area contributed by atoms with E-state index in [-0.39, 0.29) is 0 Å². The van der Waals surface area contributed by atoms with Crippen LogP contribution in [0.15, 0.2) is 18.2 Å². The molecule has 0 saturated heterocycles. The summed E-state index contributed by atoms with van der Waals surface area (Å²) in [5.74, 6) is 0. The molecule has 0 bridgehead atoms. The summed E-state index contributed by atoms with van der Waals surface area (Å²) in [6.07, 6.45) is 2.40. The summed E-state index contributed by atoms with van der Waals surface area (Å²) >= 11 is 0. The fourth-order valence-corrected chi connectivity index (χ4v) is 1.88. The number of nitrogens with one attached hydrogen (secondary N) is 1. The third-order valence-corrected chi connectivity index (χ3v) is 2.74. The Morgan fingerprint density at radius 3 is 2.73 bits per heavy atom. The molecule has 0 aliphatic rings. The van der Waals surface area contributed by atoms with Crippen LogP contribution in [0, 0.1) is 6.92 Å². The van der Waals surface area contributed by atoms with Gasteiger partial charge in [-0.05, 0) is 37.5 Å². The summed E-state index contributed by atoms with van der Waals surface area (Å²) < 4.78 is 0. The Kier molecular flexibility index (Phi) is 4.63. The lowest BCUT2D eigenvalue weighted by atomic mass is 10.1. The zero-order chi connectivity index (χ0) is 11.3. The first kappa shape index (κ1) is 12.1. The highest BCUT2D eigenvalue weighted by Crippen LogP contribution is 2.20. The normalized spacial score (nSPS) is 12.5. The Morgan fingerprint density at radius 1 is 1.40 bits per heavy atom. The first-order valence-corrected chi connectivity index (χ1v) is 5.74. The minimum absolute atomic E-state index is 0.516. The Bertz CT molecular complexity index is 307. The van der Waals surface area contributed by atoms with Crippen LogP contribution in [0.2, 0.25) is 0 Å². The second-order valence-corrected chi connectivity index (χ2v) is 4.14. The smallest absolute Gasteiger partial charge is 0.0390 e. The second-order valence-electron chi connectivity index (χ2n) is 4.14. The molecule has 15 heavy (non-hydrogen) atoms. The molecule has 0 fully saturated rings. The molecule has 0 aliphatic carbocycles. The van der Waals surface area contributed by atoms with Crippen molar-refractivity contribution in [3.63, 3.8) is 0 Å². The van der Waals surface area contributed by atoms with E-state index in [1.807, 2.05) is 0 Å². The summed E-state index contributed by atoms with van der Waals surface area (Å²) in [6, 6.07) is 6.82. The molecule has 0 heterocycles. The monoisotopic (exact) mass is 206 g/mol. The Balaban J connectivity index is 2.80. The van der Waals surface area contributed by atoms with Crippen LogP contribution in [0.1, 0.15) is 37.8 Å². The van der Waals surface area contributed by atoms with Crippen LogP contribution < -0.4 is 11.1 Å². The first-order chi connectivity index (χ1) is 7.19. The molecule has 1 aromatic rings. The van der Waals surface area contributed by atoms with Crippen molar-refractivity contribution in [1.82, 2.24) is 0 Å². The number of anilines is 1. The lowest BCUT2D eigenvalue weighted by Crippen LogP contribution is -2.17. The van der Waals surface area contributed by atoms with E-state index in [0.717, 1.165) is 0 Å². The van der Waals surface area contributed by atoms with Gasteiger partial charge >= 0.3 is 0 Å². The zero-order valence-electron chi connectivity index (χ0n) is 10.0. The third-order valence-electron chi connectivity index (χ3n) is 2.74. The van der Waals surface area contributed by atoms with E-state index >= 15 is 0 Å². The van der Waals surface area contributed by atoms with Crippen molar-refractivity contribution in [2.75, 3.05) is 5.32 Å². The van der Waals surface area contributed by atoms with Gasteiger partial charge in [0, 0.05) is 18.3 Å². The predicted octanol–water partition coefficient (Wildman–Crippen LogP) is 3.05. The van der Waals surface area contributed by atoms with E-state index in [1.54, 1.807) is 0 Å². The van der Waals surface area contributed by atoms with Gasteiger partial charge in [0.2, 0.25) is 0 Å². The van der Waals surface area contributed by atoms with Crippen molar-refractivity contribution in [3.05, 3.63) is 29.3 Å². The fraction of sp³-hybridized carbons (Fsp3) is 0.538. The topological polar surface area (TPSA) is 38.0 Å². The number of rotatable bonds is 5. The van der Waals surface area contributed by atoms with Crippen LogP contribution in [0.3, 0.4) is 0 Å². The molecule has 1 unspecified atom stereocenters. The van der Waals surface area contributed by atoms with Crippen LogP contribution in [-0.4, -0.2) is 6.04 Å². The quantitative estimate of drug-likeness (QED) is 0.777. The van der Waals surface area contributed by atoms with Gasteiger partial charge in [0.1, 0.15) is 0 Å². The van der Waals surface area contributed by atoms with Crippen LogP contribution >= 0.6 is 0 Å². The maximum atomic E-state index is 5.76. The lowest BCUT2D eigenvalue weighted by molar-refractivity contribution is 0.689. The van der Waals surface area contributed by atoms with Crippen LogP contribution in [0.25, 0.3) is 0 Å². The first-order valence-electron chi connectivity index (χ1n) is 5.74. The summed E-state index contributed by atoms with van der Waals surface area (Å²) in [5.41, 5.74) is 9.46. The minimum atomic E-state index is 0.516. The number of aryl methyl sites for hydroxylation is 1. The average Bonchev–Trinajstić information content (AvgIpc) is 2.18. The zero-order valence-corrected chi connectivity index (χ0v) is 10.0. The Morgan fingerprint density at radius 2 is 2.13 bits per heavy atom. The van der Waals surface area contributed by atoms with Crippen molar-refractivity contribution in [3.8, 4) is 0 Å². The maximum absolute atomic E-state index is 5.76. The van der Waals surface area contributed by atoms with Gasteiger partial charge < -0.3 is 11.1 Å². The summed E-state index contributed by atoms with van der Waals surface area (Å²) in [6.45, 7) is 7.14. The van der Waals surface area contributed by atoms with E-state index < -0.39 is 0 Å². The molecule has 84 valence electrons. The highest BCUT2D eigenvalue weighted by Gasteiger charge is 2.06. The second kappa shape index (κ2) is 5.76. The minimum Gasteiger partial charge on any atom is -0.382 e. The van der Waals surface area contributed by atoms with Gasteiger partial charge in [-0.15, -0.1) is 0 Å². The van der Waals surface area contributed by atoms with E-state index in [9.17, 15) is 0 Å². The average molecular weight is 206 g/mol. The van der Waals surface area contributed by atoms with E-state index in [0.29, 0.717) is 12.6 Å². The third kappa shape index (κ3) is 3.24. The van der Waals surface area contributed by atoms with Gasteiger partial charge in [0.15, 0.2) is 0 Å². The molecule has 1 aromatic carbocycles. The largest absolute Gasteiger partial charge is 0.382 e. The molecule has 2 heteroatoms. The maximum Gasteiger partial charge on any atom is 0.0390 e. The lowest BCUT2D eigenvalue weighted by Gasteiger charge is -2.18. The molecule has 1 rings (SSSR count). The molecule has 0 amide bonds. The highest BCUT2D eigenvalue weighted by atomic mass is 14.9. The van der Waals surface area contributed by atoms with Crippen LogP contribution in [0.5, 0.6) is 0 Å². The Labute approximate surface area is 92.9 Å². The van der Waals surface area contributed by atoms with Crippen molar-refractivity contribution >= 4 is 5.69 Å². The van der Waals surface area contributed by atoms with Crippen molar-refractivity contribution in [2.24, 2.45) is 5.73 Å². The van der Waals surface area contributed by atoms with Crippen LogP contribution in [0.4, 0.5) is 5.69 Å². The van der Waals surface area contributed by atoms with Gasteiger partial charge in [0.05, 0.1) is 0 Å². The number of nitrogens with two attached hydrogens (primary N) is 1. The molecule has 0 spiro atoms. The molecule has 0 aromatic heterocycles. The molecule has 3 N–H and O–H groups in total. The highest BCUT2D eigenvalue weighted by molar-refractivity contribution is 5.54. The van der Waals surface area contributed by atoms with E-state index in [4.69, 9.17) is 5.73 Å². The summed E-state index contributed by atoms with van der Waals surface area (Å²) in [7, 11) is 0. The van der Waals surface area contributed by atoms with E-state index in [2.05, 4.69) is 44.3 Å². The molecule has 1 atom stereocenters. The van der Waals surface area contributed by atoms with Gasteiger partial charge in [-0.25, -0.2) is 0 Å². The standard InChI is InChI=1S/C13H22N2/c1-4-6-11(3)15-13-8-5-7-10(2)12(13)9-14/h5,7-8,11,15H,4,6,9,14H2,1-3H3.